The Balaban J connectivity index is 1.57. The molecule has 138 valence electrons. The Morgan fingerprint density at radius 2 is 1.81 bits per heavy atom. The summed E-state index contributed by atoms with van der Waals surface area (Å²) < 4.78 is 26.9. The lowest BCUT2D eigenvalue weighted by Crippen LogP contribution is -2.42. The molecule has 26 heavy (non-hydrogen) atoms. The average molecular weight is 394 g/mol. The number of nitrogens with one attached hydrogen (secondary N) is 1. The Hall–Kier alpha value is -1.96. The molecule has 0 atom stereocenters. The number of hydrogen-bond acceptors (Lipinski definition) is 4. The smallest absolute Gasteiger partial charge is 0.244 e. The van der Waals surface area contributed by atoms with Crippen molar-refractivity contribution in [2.24, 2.45) is 5.92 Å². The first kappa shape index (κ1) is 18.8. The SMILES string of the molecule is O=C(NCc1ccncc1)C1CCN(S(=O)(=O)c2ccccc2Cl)CC1. The average Bonchev–Trinajstić information content (AvgIpc) is 2.67. The number of carbonyl (C=O) groups is 1. The number of rotatable bonds is 5. The second kappa shape index (κ2) is 8.16. The van der Waals surface area contributed by atoms with Crippen LogP contribution in [0.5, 0.6) is 0 Å². The van der Waals surface area contributed by atoms with E-state index in [9.17, 15) is 13.2 Å². The van der Waals surface area contributed by atoms with Gasteiger partial charge < -0.3 is 5.32 Å². The normalized spacial score (nSPS) is 16.3. The molecule has 0 radical (unpaired) electrons. The van der Waals surface area contributed by atoms with E-state index in [0.717, 1.165) is 5.56 Å². The molecule has 8 heteroatoms. The summed E-state index contributed by atoms with van der Waals surface area (Å²) >= 11 is 6.03. The van der Waals surface area contributed by atoms with Crippen molar-refractivity contribution in [3.05, 3.63) is 59.4 Å². The third kappa shape index (κ3) is 4.23. The minimum Gasteiger partial charge on any atom is -0.352 e. The van der Waals surface area contributed by atoms with Crippen LogP contribution in [0, 0.1) is 5.92 Å². The number of amides is 1. The Labute approximate surface area is 158 Å². The molecule has 0 unspecified atom stereocenters. The predicted octanol–water partition coefficient (Wildman–Crippen LogP) is 2.45. The Bertz CT molecular complexity index is 866. The van der Waals surface area contributed by atoms with Crippen molar-refractivity contribution in [1.82, 2.24) is 14.6 Å². The molecule has 1 aromatic carbocycles. The number of sulfonamides is 1. The number of carbonyl (C=O) groups excluding carboxylic acids is 1. The summed E-state index contributed by atoms with van der Waals surface area (Å²) in [4.78, 5) is 16.4. The molecule has 2 heterocycles. The van der Waals surface area contributed by atoms with Crippen LogP contribution in [0.2, 0.25) is 5.02 Å². The molecule has 1 aliphatic rings. The highest BCUT2D eigenvalue weighted by Gasteiger charge is 2.32. The molecule has 1 N–H and O–H groups in total. The van der Waals surface area contributed by atoms with Crippen LogP contribution in [0.25, 0.3) is 0 Å². The fraction of sp³-hybridized carbons (Fsp3) is 0.333. The summed E-state index contributed by atoms with van der Waals surface area (Å²) in [5.41, 5.74) is 0.979. The predicted molar refractivity (Wildman–Crippen MR) is 99.0 cm³/mol. The first-order valence-corrected chi connectivity index (χ1v) is 10.2. The lowest BCUT2D eigenvalue weighted by Gasteiger charge is -2.30. The highest BCUT2D eigenvalue weighted by atomic mass is 35.5. The number of nitrogens with zero attached hydrogens (tertiary/aromatic N) is 2. The highest BCUT2D eigenvalue weighted by molar-refractivity contribution is 7.89. The first-order valence-electron chi connectivity index (χ1n) is 8.40. The summed E-state index contributed by atoms with van der Waals surface area (Å²) in [6.45, 7) is 1.06. The van der Waals surface area contributed by atoms with Crippen LogP contribution in [0.4, 0.5) is 0 Å². The van der Waals surface area contributed by atoms with Gasteiger partial charge in [0.25, 0.3) is 0 Å². The highest BCUT2D eigenvalue weighted by Crippen LogP contribution is 2.28. The molecule has 6 nitrogen and oxygen atoms in total. The van der Waals surface area contributed by atoms with Gasteiger partial charge >= 0.3 is 0 Å². The van der Waals surface area contributed by atoms with E-state index in [4.69, 9.17) is 11.6 Å². The van der Waals surface area contributed by atoms with E-state index in [1.807, 2.05) is 12.1 Å². The van der Waals surface area contributed by atoms with E-state index in [1.54, 1.807) is 30.6 Å². The van der Waals surface area contributed by atoms with E-state index in [2.05, 4.69) is 10.3 Å². The molecule has 0 aliphatic carbocycles. The second-order valence-corrected chi connectivity index (χ2v) is 8.50. The van der Waals surface area contributed by atoms with Gasteiger partial charge in [0.2, 0.25) is 15.9 Å². The van der Waals surface area contributed by atoms with Crippen LogP contribution in [0.15, 0.2) is 53.7 Å². The third-order valence-electron chi connectivity index (χ3n) is 4.50. The van der Waals surface area contributed by atoms with Gasteiger partial charge in [-0.2, -0.15) is 4.31 Å². The first-order chi connectivity index (χ1) is 12.5. The lowest BCUT2D eigenvalue weighted by atomic mass is 9.97. The monoisotopic (exact) mass is 393 g/mol. The van der Waals surface area contributed by atoms with Crippen LogP contribution < -0.4 is 5.32 Å². The van der Waals surface area contributed by atoms with Crippen molar-refractivity contribution in [1.29, 1.82) is 0 Å². The fourth-order valence-corrected chi connectivity index (χ4v) is 4.95. The van der Waals surface area contributed by atoms with Crippen molar-refractivity contribution in [3.63, 3.8) is 0 Å². The van der Waals surface area contributed by atoms with E-state index in [0.29, 0.717) is 32.5 Å². The number of benzene rings is 1. The molecule has 2 aromatic rings. The van der Waals surface area contributed by atoms with Crippen molar-refractivity contribution >= 4 is 27.5 Å². The molecular weight excluding hydrogens is 374 g/mol. The summed E-state index contributed by atoms with van der Waals surface area (Å²) in [5.74, 6) is -0.230. The summed E-state index contributed by atoms with van der Waals surface area (Å²) in [6, 6.07) is 10.1. The molecule has 1 amide bonds. The molecule has 1 fully saturated rings. The maximum atomic E-state index is 12.7. The molecule has 0 saturated carbocycles. The maximum Gasteiger partial charge on any atom is 0.244 e. The van der Waals surface area contributed by atoms with Crippen LogP contribution in [-0.2, 0) is 21.4 Å². The number of hydrogen-bond donors (Lipinski definition) is 1. The largest absolute Gasteiger partial charge is 0.352 e. The minimum atomic E-state index is -3.63. The van der Waals surface area contributed by atoms with Gasteiger partial charge in [0.05, 0.1) is 5.02 Å². The van der Waals surface area contributed by atoms with Gasteiger partial charge in [-0.1, -0.05) is 23.7 Å². The number of pyridine rings is 1. The summed E-state index contributed by atoms with van der Waals surface area (Å²) in [7, 11) is -3.63. The van der Waals surface area contributed by atoms with E-state index in [-0.39, 0.29) is 21.7 Å². The van der Waals surface area contributed by atoms with Crippen LogP contribution in [0.3, 0.4) is 0 Å². The summed E-state index contributed by atoms with van der Waals surface area (Å²) in [5, 5.41) is 3.12. The van der Waals surface area contributed by atoms with Crippen molar-refractivity contribution in [3.8, 4) is 0 Å². The standard InChI is InChI=1S/C18H20ClN3O3S/c19-16-3-1-2-4-17(16)26(24,25)22-11-7-15(8-12-22)18(23)21-13-14-5-9-20-10-6-14/h1-6,9-10,15H,7-8,11-13H2,(H,21,23). The van der Waals surface area contributed by atoms with Gasteiger partial charge in [0.1, 0.15) is 4.90 Å². The molecule has 3 rings (SSSR count). The summed E-state index contributed by atoms with van der Waals surface area (Å²) in [6.07, 6.45) is 4.34. The molecule has 0 spiro atoms. The topological polar surface area (TPSA) is 79.4 Å². The van der Waals surface area contributed by atoms with Crippen LogP contribution in [0.1, 0.15) is 18.4 Å². The van der Waals surface area contributed by atoms with Crippen LogP contribution >= 0.6 is 11.6 Å². The van der Waals surface area contributed by atoms with Gasteiger partial charge in [-0.3, -0.25) is 9.78 Å². The molecule has 1 saturated heterocycles. The molecular formula is C18H20ClN3O3S. The van der Waals surface area contributed by atoms with E-state index < -0.39 is 10.0 Å². The van der Waals surface area contributed by atoms with Crippen LogP contribution in [-0.4, -0.2) is 36.7 Å². The zero-order chi connectivity index (χ0) is 18.6. The zero-order valence-corrected chi connectivity index (χ0v) is 15.7. The van der Waals surface area contributed by atoms with Gasteiger partial charge in [0.15, 0.2) is 0 Å². The third-order valence-corrected chi connectivity index (χ3v) is 6.89. The lowest BCUT2D eigenvalue weighted by molar-refractivity contribution is -0.126. The minimum absolute atomic E-state index is 0.0448. The Morgan fingerprint density at radius 3 is 2.46 bits per heavy atom. The maximum absolute atomic E-state index is 12.7. The quantitative estimate of drug-likeness (QED) is 0.846. The number of aromatic nitrogens is 1. The van der Waals surface area contributed by atoms with Crippen molar-refractivity contribution < 1.29 is 13.2 Å². The van der Waals surface area contributed by atoms with Gasteiger partial charge in [-0.05, 0) is 42.7 Å². The Kier molecular flexibility index (Phi) is 5.90. The fourth-order valence-electron chi connectivity index (χ4n) is 2.99. The zero-order valence-electron chi connectivity index (χ0n) is 14.1. The van der Waals surface area contributed by atoms with Gasteiger partial charge in [-0.25, -0.2) is 8.42 Å². The molecule has 0 bridgehead atoms. The van der Waals surface area contributed by atoms with Gasteiger partial charge in [0, 0.05) is 37.9 Å². The molecule has 1 aliphatic heterocycles. The molecule has 1 aromatic heterocycles. The Morgan fingerprint density at radius 1 is 1.15 bits per heavy atom. The number of piperidine rings is 1. The van der Waals surface area contributed by atoms with Crippen molar-refractivity contribution in [2.45, 2.75) is 24.3 Å². The van der Waals surface area contributed by atoms with E-state index >= 15 is 0 Å². The van der Waals surface area contributed by atoms with Gasteiger partial charge in [-0.15, -0.1) is 0 Å². The van der Waals surface area contributed by atoms with Crippen molar-refractivity contribution in [2.75, 3.05) is 13.1 Å². The number of halogens is 1. The second-order valence-electron chi connectivity index (χ2n) is 6.18. The van der Waals surface area contributed by atoms with E-state index in [1.165, 1.54) is 10.4 Å².